The molecule has 1 atom stereocenters. The van der Waals surface area contributed by atoms with Crippen molar-refractivity contribution in [2.75, 3.05) is 5.32 Å². The fraction of sp³-hybridized carbons (Fsp3) is 0.167. The normalized spacial score (nSPS) is 11.9. The van der Waals surface area contributed by atoms with Crippen LogP contribution in [-0.4, -0.2) is 32.6 Å². The van der Waals surface area contributed by atoms with E-state index in [9.17, 15) is 9.59 Å². The van der Waals surface area contributed by atoms with Gasteiger partial charge in [-0.05, 0) is 18.2 Å². The van der Waals surface area contributed by atoms with Crippen LogP contribution in [-0.2, 0) is 9.59 Å². The third-order valence-corrected chi connectivity index (χ3v) is 2.88. The van der Waals surface area contributed by atoms with Gasteiger partial charge in [0.2, 0.25) is 11.8 Å². The minimum Gasteiger partial charge on any atom is -0.370 e. The third kappa shape index (κ3) is 3.77. The number of carbonyl (C=O) groups is 2. The molecule has 0 spiro atoms. The zero-order valence-electron chi connectivity index (χ0n) is 10.9. The van der Waals surface area contributed by atoms with Crippen LogP contribution in [0.25, 0.3) is 5.69 Å². The van der Waals surface area contributed by atoms with Gasteiger partial charge in [0, 0.05) is 5.02 Å². The maximum atomic E-state index is 11.9. The highest BCUT2D eigenvalue weighted by molar-refractivity contribution is 6.31. The summed E-state index contributed by atoms with van der Waals surface area (Å²) in [5.41, 5.74) is 11.6. The van der Waals surface area contributed by atoms with Gasteiger partial charge < -0.3 is 16.8 Å². The van der Waals surface area contributed by atoms with E-state index in [1.807, 2.05) is 0 Å². The van der Waals surface area contributed by atoms with Crippen LogP contribution in [0.5, 0.6) is 0 Å². The van der Waals surface area contributed by atoms with E-state index < -0.39 is 17.9 Å². The van der Waals surface area contributed by atoms with E-state index >= 15 is 0 Å². The molecule has 0 saturated heterocycles. The summed E-state index contributed by atoms with van der Waals surface area (Å²) in [4.78, 5) is 26.6. The molecule has 0 aliphatic rings. The van der Waals surface area contributed by atoms with E-state index in [4.69, 9.17) is 23.1 Å². The van der Waals surface area contributed by atoms with Crippen molar-refractivity contribution in [2.45, 2.75) is 12.5 Å². The molecule has 1 aromatic heterocycles. The van der Waals surface area contributed by atoms with Crippen LogP contribution in [0.4, 0.5) is 5.69 Å². The van der Waals surface area contributed by atoms with Crippen LogP contribution >= 0.6 is 11.6 Å². The first-order chi connectivity index (χ1) is 9.97. The lowest BCUT2D eigenvalue weighted by Crippen LogP contribution is -2.39. The summed E-state index contributed by atoms with van der Waals surface area (Å²) in [7, 11) is 0. The number of amides is 2. The summed E-state index contributed by atoms with van der Waals surface area (Å²) in [6, 6.07) is 3.84. The van der Waals surface area contributed by atoms with E-state index in [2.05, 4.69) is 15.4 Å². The first kappa shape index (κ1) is 14.9. The van der Waals surface area contributed by atoms with Crippen molar-refractivity contribution < 1.29 is 9.59 Å². The molecule has 0 aliphatic carbocycles. The van der Waals surface area contributed by atoms with Gasteiger partial charge in [0.15, 0.2) is 0 Å². The number of aromatic nitrogens is 3. The van der Waals surface area contributed by atoms with Crippen molar-refractivity contribution in [1.82, 2.24) is 14.8 Å². The Hall–Kier alpha value is -2.45. The van der Waals surface area contributed by atoms with Gasteiger partial charge in [-0.25, -0.2) is 9.67 Å². The van der Waals surface area contributed by atoms with Gasteiger partial charge in [-0.1, -0.05) is 11.6 Å². The van der Waals surface area contributed by atoms with E-state index in [1.54, 1.807) is 18.2 Å². The van der Waals surface area contributed by atoms with Gasteiger partial charge in [0.1, 0.15) is 12.7 Å². The van der Waals surface area contributed by atoms with Gasteiger partial charge in [-0.3, -0.25) is 9.59 Å². The number of nitrogens with zero attached hydrogens (tertiary/aromatic N) is 3. The van der Waals surface area contributed by atoms with Crippen LogP contribution in [0.3, 0.4) is 0 Å². The van der Waals surface area contributed by atoms with E-state index in [1.165, 1.54) is 17.3 Å². The second-order valence-electron chi connectivity index (χ2n) is 4.27. The van der Waals surface area contributed by atoms with Crippen molar-refractivity contribution in [2.24, 2.45) is 11.5 Å². The Morgan fingerprint density at radius 2 is 2.19 bits per heavy atom. The first-order valence-corrected chi connectivity index (χ1v) is 6.34. The third-order valence-electron chi connectivity index (χ3n) is 2.64. The maximum absolute atomic E-state index is 11.9. The Morgan fingerprint density at radius 1 is 1.43 bits per heavy atom. The summed E-state index contributed by atoms with van der Waals surface area (Å²) in [6.07, 6.45) is 2.59. The van der Waals surface area contributed by atoms with Gasteiger partial charge >= 0.3 is 0 Å². The number of nitrogens with one attached hydrogen (secondary N) is 1. The number of nitrogens with two attached hydrogens (primary N) is 2. The lowest BCUT2D eigenvalue weighted by molar-refractivity contribution is -0.123. The number of benzene rings is 1. The Labute approximate surface area is 125 Å². The second kappa shape index (κ2) is 6.33. The minimum atomic E-state index is -1.04. The summed E-state index contributed by atoms with van der Waals surface area (Å²) >= 11 is 5.92. The monoisotopic (exact) mass is 308 g/mol. The molecule has 0 bridgehead atoms. The number of hydrogen-bond acceptors (Lipinski definition) is 5. The summed E-state index contributed by atoms with van der Waals surface area (Å²) < 4.78 is 1.46. The van der Waals surface area contributed by atoms with Gasteiger partial charge in [0.25, 0.3) is 0 Å². The first-order valence-electron chi connectivity index (χ1n) is 5.96. The number of halogens is 1. The van der Waals surface area contributed by atoms with Crippen molar-refractivity contribution in [3.63, 3.8) is 0 Å². The molecule has 110 valence electrons. The second-order valence-corrected chi connectivity index (χ2v) is 4.70. The molecule has 5 N–H and O–H groups in total. The predicted molar refractivity (Wildman–Crippen MR) is 76.8 cm³/mol. The summed E-state index contributed by atoms with van der Waals surface area (Å²) in [6.45, 7) is 0. The number of primary amides is 1. The lowest BCUT2D eigenvalue weighted by Gasteiger charge is -2.14. The van der Waals surface area contributed by atoms with Gasteiger partial charge in [-0.2, -0.15) is 5.10 Å². The Balaban J connectivity index is 2.25. The van der Waals surface area contributed by atoms with Crippen LogP contribution in [0, 0.1) is 0 Å². The SMILES string of the molecule is NC(=O)CC(N)C(=O)Nc1cc(Cl)ccc1-n1cncn1. The molecule has 9 heteroatoms. The molecule has 1 heterocycles. The van der Waals surface area contributed by atoms with Crippen molar-refractivity contribution in [3.05, 3.63) is 35.9 Å². The topological polar surface area (TPSA) is 129 Å². The highest BCUT2D eigenvalue weighted by atomic mass is 35.5. The lowest BCUT2D eigenvalue weighted by atomic mass is 10.2. The molecule has 1 aromatic carbocycles. The molecule has 2 aromatic rings. The standard InChI is InChI=1S/C12H13ClN6O2/c13-7-1-2-10(19-6-16-5-17-19)9(3-7)18-12(21)8(14)4-11(15)20/h1-3,5-6,8H,4,14H2,(H2,15,20)(H,18,21). The molecule has 21 heavy (non-hydrogen) atoms. The highest BCUT2D eigenvalue weighted by Crippen LogP contribution is 2.24. The fourth-order valence-corrected chi connectivity index (χ4v) is 1.85. The smallest absolute Gasteiger partial charge is 0.241 e. The Bertz CT molecular complexity index is 658. The molecule has 2 amide bonds. The Kier molecular flexibility index (Phi) is 4.51. The summed E-state index contributed by atoms with van der Waals surface area (Å²) in [5, 5.41) is 7.01. The quantitative estimate of drug-likeness (QED) is 0.719. The van der Waals surface area contributed by atoms with E-state index in [0.717, 1.165) is 0 Å². The maximum Gasteiger partial charge on any atom is 0.241 e. The molecule has 0 saturated carbocycles. The van der Waals surface area contributed by atoms with E-state index in [-0.39, 0.29) is 6.42 Å². The zero-order valence-corrected chi connectivity index (χ0v) is 11.6. The van der Waals surface area contributed by atoms with Crippen molar-refractivity contribution in [3.8, 4) is 5.69 Å². The number of hydrogen-bond donors (Lipinski definition) is 3. The Morgan fingerprint density at radius 3 is 2.81 bits per heavy atom. The van der Waals surface area contributed by atoms with Gasteiger partial charge in [-0.15, -0.1) is 0 Å². The molecule has 0 radical (unpaired) electrons. The van der Waals surface area contributed by atoms with Crippen LogP contribution in [0.1, 0.15) is 6.42 Å². The van der Waals surface area contributed by atoms with Crippen LogP contribution < -0.4 is 16.8 Å². The fourth-order valence-electron chi connectivity index (χ4n) is 1.68. The predicted octanol–water partition coefficient (Wildman–Crippen LogP) is 0.0619. The molecule has 8 nitrogen and oxygen atoms in total. The van der Waals surface area contributed by atoms with E-state index in [0.29, 0.717) is 16.4 Å². The van der Waals surface area contributed by atoms with Gasteiger partial charge in [0.05, 0.1) is 23.8 Å². The average molecular weight is 309 g/mol. The van der Waals surface area contributed by atoms with Crippen LogP contribution in [0.15, 0.2) is 30.9 Å². The number of carbonyl (C=O) groups excluding carboxylic acids is 2. The average Bonchev–Trinajstić information content (AvgIpc) is 2.91. The molecule has 2 rings (SSSR count). The largest absolute Gasteiger partial charge is 0.370 e. The molecular weight excluding hydrogens is 296 g/mol. The summed E-state index contributed by atoms with van der Waals surface area (Å²) in [5.74, 6) is -1.20. The molecule has 0 fully saturated rings. The number of anilines is 1. The zero-order chi connectivity index (χ0) is 15.4. The number of rotatable bonds is 5. The van der Waals surface area contributed by atoms with Crippen molar-refractivity contribution in [1.29, 1.82) is 0 Å². The highest BCUT2D eigenvalue weighted by Gasteiger charge is 2.18. The molecular formula is C12H13ClN6O2. The van der Waals surface area contributed by atoms with Crippen molar-refractivity contribution >= 4 is 29.1 Å². The molecule has 0 aliphatic heterocycles. The molecule has 1 unspecified atom stereocenters. The van der Waals surface area contributed by atoms with Crippen LogP contribution in [0.2, 0.25) is 5.02 Å². The minimum absolute atomic E-state index is 0.245.